The highest BCUT2D eigenvalue weighted by molar-refractivity contribution is 7.89. The topological polar surface area (TPSA) is 95.0 Å². The number of carboxylic acid groups (broad SMARTS) is 1. The molecule has 26 heavy (non-hydrogen) atoms. The van der Waals surface area contributed by atoms with E-state index in [1.807, 2.05) is 0 Å². The molecule has 0 radical (unpaired) electrons. The van der Waals surface area contributed by atoms with E-state index in [-0.39, 0.29) is 23.5 Å². The summed E-state index contributed by atoms with van der Waals surface area (Å²) in [5.41, 5.74) is 0.333. The van der Waals surface area contributed by atoms with Crippen molar-refractivity contribution in [3.63, 3.8) is 0 Å². The van der Waals surface area contributed by atoms with Gasteiger partial charge in [-0.15, -0.1) is 0 Å². The zero-order valence-electron chi connectivity index (χ0n) is 14.6. The van der Waals surface area contributed by atoms with Crippen LogP contribution >= 0.6 is 0 Å². The molecule has 1 aliphatic carbocycles. The second-order valence-corrected chi connectivity index (χ2v) is 8.80. The molecule has 142 valence electrons. The number of ketones is 1. The quantitative estimate of drug-likeness (QED) is 0.722. The summed E-state index contributed by atoms with van der Waals surface area (Å²) in [6.45, 7) is 2.49. The van der Waals surface area contributed by atoms with Crippen LogP contribution in [-0.2, 0) is 14.8 Å². The predicted octanol–water partition coefficient (Wildman–Crippen LogP) is 1.59. The van der Waals surface area contributed by atoms with E-state index in [1.165, 1.54) is 47.8 Å². The van der Waals surface area contributed by atoms with Crippen molar-refractivity contribution in [1.82, 2.24) is 9.21 Å². The molecule has 1 saturated heterocycles. The third-order valence-electron chi connectivity index (χ3n) is 5.24. The minimum atomic E-state index is -3.57. The molecule has 1 aliphatic heterocycles. The maximum Gasteiger partial charge on any atom is 0.303 e. The molecule has 1 aromatic carbocycles. The Hall–Kier alpha value is -1.77. The van der Waals surface area contributed by atoms with Gasteiger partial charge in [0.15, 0.2) is 5.78 Å². The lowest BCUT2D eigenvalue weighted by atomic mass is 9.91. The SMILES string of the molecule is O=C(O)CCC(=O)c1ccc(S(=O)(=O)N2CCN(C3CCC3)CC2)cc1. The lowest BCUT2D eigenvalue weighted by Gasteiger charge is -2.42. The summed E-state index contributed by atoms with van der Waals surface area (Å²) in [5, 5.41) is 8.64. The minimum absolute atomic E-state index is 0.0927. The smallest absolute Gasteiger partial charge is 0.303 e. The first-order valence-electron chi connectivity index (χ1n) is 8.97. The molecule has 1 N–H and O–H groups in total. The summed E-state index contributed by atoms with van der Waals surface area (Å²) in [6, 6.07) is 6.41. The molecular weight excluding hydrogens is 356 g/mol. The molecule has 0 unspecified atom stereocenters. The Morgan fingerprint density at radius 1 is 1.00 bits per heavy atom. The number of nitrogens with zero attached hydrogens (tertiary/aromatic N) is 2. The van der Waals surface area contributed by atoms with Crippen molar-refractivity contribution in [2.24, 2.45) is 0 Å². The Bertz CT molecular complexity index is 763. The fourth-order valence-electron chi connectivity index (χ4n) is 3.39. The molecule has 0 spiro atoms. The minimum Gasteiger partial charge on any atom is -0.481 e. The maximum absolute atomic E-state index is 12.8. The van der Waals surface area contributed by atoms with E-state index in [2.05, 4.69) is 4.90 Å². The largest absolute Gasteiger partial charge is 0.481 e. The monoisotopic (exact) mass is 380 g/mol. The molecule has 1 heterocycles. The molecular formula is C18H24N2O5S. The van der Waals surface area contributed by atoms with Gasteiger partial charge in [-0.1, -0.05) is 18.6 Å². The van der Waals surface area contributed by atoms with Crippen LogP contribution in [0.5, 0.6) is 0 Å². The fraction of sp³-hybridized carbons (Fsp3) is 0.556. The van der Waals surface area contributed by atoms with Gasteiger partial charge in [0, 0.05) is 44.2 Å². The summed E-state index contributed by atoms with van der Waals surface area (Å²) in [5.74, 6) is -1.33. The third-order valence-corrected chi connectivity index (χ3v) is 7.16. The Labute approximate surface area is 153 Å². The van der Waals surface area contributed by atoms with Gasteiger partial charge in [0.05, 0.1) is 11.3 Å². The van der Waals surface area contributed by atoms with Crippen LogP contribution in [0.4, 0.5) is 0 Å². The zero-order chi connectivity index (χ0) is 18.7. The fourth-order valence-corrected chi connectivity index (χ4v) is 4.81. The van der Waals surface area contributed by atoms with Crippen LogP contribution in [0.15, 0.2) is 29.2 Å². The number of Topliss-reactive ketones (excluding diaryl/α,β-unsaturated/α-hetero) is 1. The van der Waals surface area contributed by atoms with Gasteiger partial charge in [0.1, 0.15) is 0 Å². The maximum atomic E-state index is 12.8. The Morgan fingerprint density at radius 2 is 1.62 bits per heavy atom. The molecule has 8 heteroatoms. The van der Waals surface area contributed by atoms with Crippen molar-refractivity contribution in [2.45, 2.75) is 43.0 Å². The number of carbonyl (C=O) groups is 2. The number of carboxylic acids is 1. The molecule has 2 fully saturated rings. The Kier molecular flexibility index (Phi) is 5.74. The van der Waals surface area contributed by atoms with Gasteiger partial charge >= 0.3 is 5.97 Å². The molecule has 1 aromatic rings. The van der Waals surface area contributed by atoms with Crippen molar-refractivity contribution in [2.75, 3.05) is 26.2 Å². The summed E-state index contributed by atoms with van der Waals surface area (Å²) in [6.07, 6.45) is 3.36. The summed E-state index contributed by atoms with van der Waals surface area (Å²) in [4.78, 5) is 25.0. The summed E-state index contributed by atoms with van der Waals surface area (Å²) >= 11 is 0. The number of carbonyl (C=O) groups excluding carboxylic acids is 1. The third kappa shape index (κ3) is 4.13. The molecule has 0 amide bonds. The predicted molar refractivity (Wildman–Crippen MR) is 95.6 cm³/mol. The van der Waals surface area contributed by atoms with Crippen molar-refractivity contribution in [1.29, 1.82) is 0 Å². The molecule has 7 nitrogen and oxygen atoms in total. The highest BCUT2D eigenvalue weighted by Crippen LogP contribution is 2.27. The lowest BCUT2D eigenvalue weighted by molar-refractivity contribution is -0.136. The molecule has 0 atom stereocenters. The average Bonchev–Trinajstić information content (AvgIpc) is 2.59. The summed E-state index contributed by atoms with van der Waals surface area (Å²) < 4.78 is 27.1. The van der Waals surface area contributed by atoms with Crippen LogP contribution < -0.4 is 0 Å². The van der Waals surface area contributed by atoms with Gasteiger partial charge in [-0.05, 0) is 25.0 Å². The van der Waals surface area contributed by atoms with Gasteiger partial charge in [-0.3, -0.25) is 14.5 Å². The highest BCUT2D eigenvalue weighted by atomic mass is 32.2. The number of hydrogen-bond acceptors (Lipinski definition) is 5. The van der Waals surface area contributed by atoms with Crippen LogP contribution in [0, 0.1) is 0 Å². The van der Waals surface area contributed by atoms with Crippen molar-refractivity contribution in [3.8, 4) is 0 Å². The van der Waals surface area contributed by atoms with Gasteiger partial charge in [-0.25, -0.2) is 8.42 Å². The highest BCUT2D eigenvalue weighted by Gasteiger charge is 2.32. The number of benzene rings is 1. The van der Waals surface area contributed by atoms with E-state index < -0.39 is 16.0 Å². The van der Waals surface area contributed by atoms with E-state index in [4.69, 9.17) is 5.11 Å². The lowest BCUT2D eigenvalue weighted by Crippen LogP contribution is -2.53. The number of hydrogen-bond donors (Lipinski definition) is 1. The molecule has 2 aliphatic rings. The number of rotatable bonds is 7. The van der Waals surface area contributed by atoms with Crippen molar-refractivity contribution >= 4 is 21.8 Å². The van der Waals surface area contributed by atoms with Crippen LogP contribution in [0.25, 0.3) is 0 Å². The molecule has 3 rings (SSSR count). The van der Waals surface area contributed by atoms with Gasteiger partial charge in [0.2, 0.25) is 10.0 Å². The Morgan fingerprint density at radius 3 is 2.12 bits per heavy atom. The second-order valence-electron chi connectivity index (χ2n) is 6.87. The number of aliphatic carboxylic acids is 1. The van der Waals surface area contributed by atoms with E-state index in [9.17, 15) is 18.0 Å². The first kappa shape index (κ1) is 19.0. The normalized spacial score (nSPS) is 19.8. The summed E-state index contributed by atoms with van der Waals surface area (Å²) in [7, 11) is -3.57. The van der Waals surface area contributed by atoms with Crippen LogP contribution in [0.1, 0.15) is 42.5 Å². The van der Waals surface area contributed by atoms with Crippen LogP contribution in [0.2, 0.25) is 0 Å². The molecule has 0 aromatic heterocycles. The van der Waals surface area contributed by atoms with E-state index in [0.29, 0.717) is 24.7 Å². The number of piperazine rings is 1. The van der Waals surface area contributed by atoms with Crippen LogP contribution in [-0.4, -0.2) is 66.7 Å². The molecule has 1 saturated carbocycles. The zero-order valence-corrected chi connectivity index (χ0v) is 15.5. The Balaban J connectivity index is 1.62. The van der Waals surface area contributed by atoms with Gasteiger partial charge in [0.25, 0.3) is 0 Å². The average molecular weight is 380 g/mol. The van der Waals surface area contributed by atoms with E-state index in [0.717, 1.165) is 13.1 Å². The first-order valence-corrected chi connectivity index (χ1v) is 10.4. The van der Waals surface area contributed by atoms with Crippen LogP contribution in [0.3, 0.4) is 0 Å². The standard InChI is InChI=1S/C18H24N2O5S/c21-17(8-9-18(22)23)14-4-6-16(7-5-14)26(24,25)20-12-10-19(11-13-20)15-2-1-3-15/h4-7,15H,1-3,8-13H2,(H,22,23). The molecule has 0 bridgehead atoms. The van der Waals surface area contributed by atoms with Gasteiger partial charge < -0.3 is 5.11 Å². The second kappa shape index (κ2) is 7.85. The first-order chi connectivity index (χ1) is 12.4. The number of sulfonamides is 1. The van der Waals surface area contributed by atoms with E-state index >= 15 is 0 Å². The van der Waals surface area contributed by atoms with Crippen molar-refractivity contribution in [3.05, 3.63) is 29.8 Å². The van der Waals surface area contributed by atoms with Gasteiger partial charge in [-0.2, -0.15) is 4.31 Å². The van der Waals surface area contributed by atoms with Crippen molar-refractivity contribution < 1.29 is 23.1 Å². The van der Waals surface area contributed by atoms with E-state index in [1.54, 1.807) is 0 Å².